The van der Waals surface area contributed by atoms with Gasteiger partial charge in [0, 0.05) is 0 Å². The minimum absolute atomic E-state index is 0.147. The molecule has 0 aliphatic heterocycles. The third kappa shape index (κ3) is 5.51. The van der Waals surface area contributed by atoms with E-state index in [1.807, 2.05) is 50.2 Å². The summed E-state index contributed by atoms with van der Waals surface area (Å²) in [5, 5.41) is 2.87. The van der Waals surface area contributed by atoms with Crippen molar-refractivity contribution in [3.63, 3.8) is 0 Å². The molecular formula is C22H29NO3. The predicted octanol–water partition coefficient (Wildman–Crippen LogP) is 4.39. The van der Waals surface area contributed by atoms with E-state index in [0.29, 0.717) is 19.1 Å². The zero-order chi connectivity index (χ0) is 19.1. The monoisotopic (exact) mass is 355 g/mol. The van der Waals surface area contributed by atoms with Crippen LogP contribution in [0.3, 0.4) is 0 Å². The molecule has 1 N–H and O–H groups in total. The van der Waals surface area contributed by atoms with Crippen LogP contribution in [-0.2, 0) is 4.79 Å². The Kier molecular flexibility index (Phi) is 7.07. The van der Waals surface area contributed by atoms with Crippen LogP contribution in [0.5, 0.6) is 11.5 Å². The summed E-state index contributed by atoms with van der Waals surface area (Å²) in [6.45, 7) is 10.9. The van der Waals surface area contributed by atoms with Crippen molar-refractivity contribution in [3.05, 3.63) is 59.2 Å². The zero-order valence-electron chi connectivity index (χ0n) is 16.3. The lowest BCUT2D eigenvalue weighted by Gasteiger charge is -2.17. The minimum atomic E-state index is -0.557. The fourth-order valence-electron chi connectivity index (χ4n) is 2.65. The van der Waals surface area contributed by atoms with Crippen molar-refractivity contribution in [2.75, 3.05) is 13.2 Å². The Hall–Kier alpha value is -2.49. The second kappa shape index (κ2) is 9.27. The molecule has 4 heteroatoms. The van der Waals surface area contributed by atoms with Crippen LogP contribution in [0.2, 0.25) is 0 Å². The largest absolute Gasteiger partial charge is 0.491 e. The molecule has 0 aromatic heterocycles. The molecule has 1 atom stereocenters. The molecule has 0 aliphatic carbocycles. The third-order valence-electron chi connectivity index (χ3n) is 4.22. The molecule has 140 valence electrons. The number of carbonyl (C=O) groups is 1. The van der Waals surface area contributed by atoms with Gasteiger partial charge in [0.25, 0.3) is 5.91 Å². The van der Waals surface area contributed by atoms with Crippen LogP contribution in [-0.4, -0.2) is 25.2 Å². The van der Waals surface area contributed by atoms with Crippen molar-refractivity contribution < 1.29 is 14.3 Å². The van der Waals surface area contributed by atoms with Crippen molar-refractivity contribution in [3.8, 4) is 11.5 Å². The van der Waals surface area contributed by atoms with Gasteiger partial charge in [-0.05, 0) is 55.5 Å². The molecule has 0 spiro atoms. The van der Waals surface area contributed by atoms with E-state index in [9.17, 15) is 4.79 Å². The third-order valence-corrected chi connectivity index (χ3v) is 4.22. The Morgan fingerprint density at radius 3 is 2.50 bits per heavy atom. The van der Waals surface area contributed by atoms with Crippen LogP contribution in [0.1, 0.15) is 43.4 Å². The number of ether oxygens (including phenoxy) is 2. The van der Waals surface area contributed by atoms with E-state index in [2.05, 4.69) is 25.2 Å². The van der Waals surface area contributed by atoms with E-state index in [4.69, 9.17) is 9.47 Å². The Balaban J connectivity index is 1.81. The maximum absolute atomic E-state index is 12.2. The molecular weight excluding hydrogens is 326 g/mol. The maximum atomic E-state index is 12.2. The van der Waals surface area contributed by atoms with E-state index in [-0.39, 0.29) is 5.91 Å². The van der Waals surface area contributed by atoms with Gasteiger partial charge < -0.3 is 14.8 Å². The lowest BCUT2D eigenvalue weighted by Crippen LogP contribution is -2.38. The first-order valence-electron chi connectivity index (χ1n) is 9.12. The number of amides is 1. The number of hydrogen-bond acceptors (Lipinski definition) is 3. The lowest BCUT2D eigenvalue weighted by atomic mass is 10.0. The molecule has 0 saturated heterocycles. The number of nitrogens with one attached hydrogen (secondary N) is 1. The van der Waals surface area contributed by atoms with Crippen LogP contribution >= 0.6 is 0 Å². The van der Waals surface area contributed by atoms with E-state index < -0.39 is 6.10 Å². The summed E-state index contributed by atoms with van der Waals surface area (Å²) in [5.41, 5.74) is 3.30. The van der Waals surface area contributed by atoms with E-state index in [1.54, 1.807) is 6.92 Å². The molecule has 1 amide bonds. The average molecular weight is 355 g/mol. The first kappa shape index (κ1) is 19.8. The van der Waals surface area contributed by atoms with Crippen LogP contribution in [0.25, 0.3) is 0 Å². The highest BCUT2D eigenvalue weighted by molar-refractivity contribution is 5.80. The number of rotatable bonds is 8. The van der Waals surface area contributed by atoms with Crippen molar-refractivity contribution in [1.82, 2.24) is 5.32 Å². The predicted molar refractivity (Wildman–Crippen MR) is 105 cm³/mol. The summed E-state index contributed by atoms with van der Waals surface area (Å²) in [6, 6.07) is 14.0. The maximum Gasteiger partial charge on any atom is 0.260 e. The first-order valence-corrected chi connectivity index (χ1v) is 9.12. The van der Waals surface area contributed by atoms with Gasteiger partial charge in [-0.1, -0.05) is 44.2 Å². The highest BCUT2D eigenvalue weighted by Gasteiger charge is 2.15. The summed E-state index contributed by atoms with van der Waals surface area (Å²) >= 11 is 0. The second-order valence-electron chi connectivity index (χ2n) is 6.86. The molecule has 0 saturated carbocycles. The van der Waals surface area contributed by atoms with E-state index >= 15 is 0 Å². The van der Waals surface area contributed by atoms with Crippen molar-refractivity contribution in [2.45, 2.75) is 46.6 Å². The molecule has 4 nitrogen and oxygen atoms in total. The van der Waals surface area contributed by atoms with Crippen molar-refractivity contribution in [1.29, 1.82) is 0 Å². The lowest BCUT2D eigenvalue weighted by molar-refractivity contribution is -0.127. The molecule has 2 rings (SSSR count). The van der Waals surface area contributed by atoms with Gasteiger partial charge in [0.05, 0.1) is 6.54 Å². The fraction of sp³-hybridized carbons (Fsp3) is 0.409. The summed E-state index contributed by atoms with van der Waals surface area (Å²) in [6.07, 6.45) is -0.557. The number of carbonyl (C=O) groups excluding carboxylic acids is 1. The van der Waals surface area contributed by atoms with Crippen LogP contribution in [0, 0.1) is 13.8 Å². The van der Waals surface area contributed by atoms with Crippen molar-refractivity contribution in [2.24, 2.45) is 0 Å². The zero-order valence-corrected chi connectivity index (χ0v) is 16.3. The van der Waals surface area contributed by atoms with Gasteiger partial charge in [-0.25, -0.2) is 0 Å². The molecule has 0 fully saturated rings. The summed E-state index contributed by atoms with van der Waals surface area (Å²) in [4.78, 5) is 12.2. The topological polar surface area (TPSA) is 47.6 Å². The Bertz CT molecular complexity index is 740. The van der Waals surface area contributed by atoms with Gasteiger partial charge in [0.1, 0.15) is 18.1 Å². The van der Waals surface area contributed by atoms with E-state index in [0.717, 1.165) is 22.6 Å². The summed E-state index contributed by atoms with van der Waals surface area (Å²) in [5.74, 6) is 1.87. The number of benzene rings is 2. The molecule has 26 heavy (non-hydrogen) atoms. The van der Waals surface area contributed by atoms with Gasteiger partial charge in [0.2, 0.25) is 0 Å². The standard InChI is InChI=1S/C22H29NO3/c1-15(2)19-8-6-7-9-20(19)25-13-12-23-22(24)18(5)26-21-14-16(3)10-11-17(21)4/h6-11,14-15,18H,12-13H2,1-5H3,(H,23,24)/t18-/m1/s1. The SMILES string of the molecule is Cc1ccc(C)c(O[C@H](C)C(=O)NCCOc2ccccc2C(C)C)c1. The molecule has 0 bridgehead atoms. The molecule has 2 aromatic rings. The van der Waals surface area contributed by atoms with Gasteiger partial charge in [-0.15, -0.1) is 0 Å². The highest BCUT2D eigenvalue weighted by atomic mass is 16.5. The van der Waals surface area contributed by atoms with Crippen LogP contribution < -0.4 is 14.8 Å². The normalized spacial score (nSPS) is 11.9. The van der Waals surface area contributed by atoms with E-state index in [1.165, 1.54) is 5.56 Å². The highest BCUT2D eigenvalue weighted by Crippen LogP contribution is 2.25. The number of aryl methyl sites for hydroxylation is 2. The van der Waals surface area contributed by atoms with Crippen LogP contribution in [0.15, 0.2) is 42.5 Å². The Labute approximate surface area is 156 Å². The van der Waals surface area contributed by atoms with Gasteiger partial charge in [-0.2, -0.15) is 0 Å². The molecule has 0 heterocycles. The minimum Gasteiger partial charge on any atom is -0.491 e. The number of hydrogen-bond donors (Lipinski definition) is 1. The van der Waals surface area contributed by atoms with Gasteiger partial charge in [-0.3, -0.25) is 4.79 Å². The van der Waals surface area contributed by atoms with Gasteiger partial charge >= 0.3 is 0 Å². The Morgan fingerprint density at radius 1 is 1.04 bits per heavy atom. The quantitative estimate of drug-likeness (QED) is 0.715. The average Bonchev–Trinajstić information content (AvgIpc) is 2.61. The fourth-order valence-corrected chi connectivity index (χ4v) is 2.65. The first-order chi connectivity index (χ1) is 12.4. The molecule has 0 radical (unpaired) electrons. The Morgan fingerprint density at radius 2 is 1.77 bits per heavy atom. The molecule has 0 aliphatic rings. The summed E-state index contributed by atoms with van der Waals surface area (Å²) < 4.78 is 11.6. The summed E-state index contributed by atoms with van der Waals surface area (Å²) in [7, 11) is 0. The molecule has 0 unspecified atom stereocenters. The smallest absolute Gasteiger partial charge is 0.260 e. The number of para-hydroxylation sites is 1. The second-order valence-corrected chi connectivity index (χ2v) is 6.86. The van der Waals surface area contributed by atoms with Crippen LogP contribution in [0.4, 0.5) is 0 Å². The van der Waals surface area contributed by atoms with Crippen molar-refractivity contribution >= 4 is 5.91 Å². The molecule has 2 aromatic carbocycles. The van der Waals surface area contributed by atoms with Gasteiger partial charge in [0.15, 0.2) is 6.10 Å².